The van der Waals surface area contributed by atoms with E-state index in [0.29, 0.717) is 5.41 Å². The van der Waals surface area contributed by atoms with Crippen molar-refractivity contribution in [2.24, 2.45) is 5.41 Å². The molecule has 1 fully saturated rings. The normalized spacial score (nSPS) is 19.4. The standard InChI is InChI=1S/C16H28N2OS/c1-6-16(5)7-9-18(10-8-16)14-17-13(15(2,3)4)12(11-19)20-14/h19H,6-11H2,1-5H3. The third-order valence-electron chi connectivity index (χ3n) is 4.63. The lowest BCUT2D eigenvalue weighted by Crippen LogP contribution is -2.38. The van der Waals surface area contributed by atoms with Gasteiger partial charge in [0.05, 0.1) is 17.2 Å². The van der Waals surface area contributed by atoms with Crippen LogP contribution in [0.4, 0.5) is 5.13 Å². The Balaban J connectivity index is 2.17. The van der Waals surface area contributed by atoms with Crippen molar-refractivity contribution in [3.63, 3.8) is 0 Å². The number of rotatable bonds is 3. The number of nitrogens with zero attached hydrogens (tertiary/aromatic N) is 2. The number of aliphatic hydroxyl groups is 1. The van der Waals surface area contributed by atoms with Gasteiger partial charge in [-0.2, -0.15) is 0 Å². The van der Waals surface area contributed by atoms with Crippen LogP contribution >= 0.6 is 11.3 Å². The quantitative estimate of drug-likeness (QED) is 0.917. The second-order valence-electron chi connectivity index (χ2n) is 7.33. The minimum atomic E-state index is 0.000529. The van der Waals surface area contributed by atoms with E-state index < -0.39 is 0 Å². The Morgan fingerprint density at radius 2 is 1.90 bits per heavy atom. The summed E-state index contributed by atoms with van der Waals surface area (Å²) in [6.45, 7) is 13.5. The third-order valence-corrected chi connectivity index (χ3v) is 5.74. The van der Waals surface area contributed by atoms with Crippen molar-refractivity contribution in [1.82, 2.24) is 4.98 Å². The lowest BCUT2D eigenvalue weighted by atomic mass is 9.78. The SMILES string of the molecule is CCC1(C)CCN(c2nc(C(C)(C)C)c(CO)s2)CC1. The minimum Gasteiger partial charge on any atom is -0.391 e. The Morgan fingerprint density at radius 3 is 2.30 bits per heavy atom. The molecule has 0 amide bonds. The summed E-state index contributed by atoms with van der Waals surface area (Å²) in [7, 11) is 0. The van der Waals surface area contributed by atoms with Gasteiger partial charge in [0.25, 0.3) is 0 Å². The first-order valence-corrected chi connectivity index (χ1v) is 8.47. The van der Waals surface area contributed by atoms with E-state index in [4.69, 9.17) is 4.98 Å². The Kier molecular flexibility index (Phi) is 4.45. The van der Waals surface area contributed by atoms with Crippen LogP contribution in [0.1, 0.15) is 64.5 Å². The summed E-state index contributed by atoms with van der Waals surface area (Å²) in [4.78, 5) is 8.26. The molecule has 1 N–H and O–H groups in total. The number of hydrogen-bond donors (Lipinski definition) is 1. The molecular formula is C16H28N2OS. The molecule has 4 heteroatoms. The molecule has 2 heterocycles. The Hall–Kier alpha value is -0.610. The summed E-state index contributed by atoms with van der Waals surface area (Å²) in [5, 5.41) is 10.7. The molecule has 1 aliphatic rings. The molecule has 0 radical (unpaired) electrons. The predicted molar refractivity (Wildman–Crippen MR) is 86.6 cm³/mol. The molecule has 1 aliphatic heterocycles. The van der Waals surface area contributed by atoms with E-state index in [1.54, 1.807) is 11.3 Å². The molecule has 3 nitrogen and oxygen atoms in total. The van der Waals surface area contributed by atoms with Gasteiger partial charge in [0, 0.05) is 18.5 Å². The number of aliphatic hydroxyl groups excluding tert-OH is 1. The Labute approximate surface area is 127 Å². The van der Waals surface area contributed by atoms with Gasteiger partial charge in [0.1, 0.15) is 0 Å². The average molecular weight is 296 g/mol. The summed E-state index contributed by atoms with van der Waals surface area (Å²) in [5.74, 6) is 0. The second kappa shape index (κ2) is 5.64. The monoisotopic (exact) mass is 296 g/mol. The molecule has 1 saturated heterocycles. The van der Waals surface area contributed by atoms with Crippen LogP contribution in [0.5, 0.6) is 0 Å². The highest BCUT2D eigenvalue weighted by Crippen LogP contribution is 2.39. The molecule has 0 aromatic carbocycles. The van der Waals surface area contributed by atoms with Crippen LogP contribution < -0.4 is 4.90 Å². The van der Waals surface area contributed by atoms with E-state index in [-0.39, 0.29) is 12.0 Å². The van der Waals surface area contributed by atoms with Crippen molar-refractivity contribution in [2.45, 2.75) is 65.9 Å². The van der Waals surface area contributed by atoms with Gasteiger partial charge in [-0.1, -0.05) is 52.4 Å². The van der Waals surface area contributed by atoms with Crippen LogP contribution in [-0.2, 0) is 12.0 Å². The molecule has 1 aromatic heterocycles. The van der Waals surface area contributed by atoms with Gasteiger partial charge >= 0.3 is 0 Å². The molecule has 0 atom stereocenters. The van der Waals surface area contributed by atoms with E-state index in [9.17, 15) is 5.11 Å². The number of aromatic nitrogens is 1. The van der Waals surface area contributed by atoms with Crippen LogP contribution in [0.25, 0.3) is 0 Å². The maximum absolute atomic E-state index is 9.57. The van der Waals surface area contributed by atoms with E-state index in [2.05, 4.69) is 39.5 Å². The summed E-state index contributed by atoms with van der Waals surface area (Å²) in [6, 6.07) is 0. The Morgan fingerprint density at radius 1 is 1.30 bits per heavy atom. The third kappa shape index (κ3) is 3.17. The van der Waals surface area contributed by atoms with Crippen LogP contribution in [0.3, 0.4) is 0 Å². The molecule has 20 heavy (non-hydrogen) atoms. The predicted octanol–water partition coefficient (Wildman–Crippen LogP) is 3.95. The fraction of sp³-hybridized carbons (Fsp3) is 0.812. The minimum absolute atomic E-state index is 0.000529. The molecule has 0 spiro atoms. The van der Waals surface area contributed by atoms with Gasteiger partial charge in [0.15, 0.2) is 5.13 Å². The largest absolute Gasteiger partial charge is 0.391 e. The molecule has 0 unspecified atom stereocenters. The molecule has 0 saturated carbocycles. The average Bonchev–Trinajstić information content (AvgIpc) is 2.84. The van der Waals surface area contributed by atoms with Crippen LogP contribution in [-0.4, -0.2) is 23.2 Å². The molecule has 1 aromatic rings. The molecule has 0 aliphatic carbocycles. The summed E-state index contributed by atoms with van der Waals surface area (Å²) >= 11 is 1.67. The lowest BCUT2D eigenvalue weighted by molar-refractivity contribution is 0.238. The van der Waals surface area contributed by atoms with Crippen LogP contribution in [0, 0.1) is 5.41 Å². The van der Waals surface area contributed by atoms with E-state index >= 15 is 0 Å². The fourth-order valence-electron chi connectivity index (χ4n) is 2.76. The Bertz CT molecular complexity index is 454. The van der Waals surface area contributed by atoms with Crippen molar-refractivity contribution in [3.8, 4) is 0 Å². The molecule has 114 valence electrons. The maximum atomic E-state index is 9.57. The van der Waals surface area contributed by atoms with Crippen LogP contribution in [0.2, 0.25) is 0 Å². The van der Waals surface area contributed by atoms with Gasteiger partial charge in [-0.15, -0.1) is 0 Å². The second-order valence-corrected chi connectivity index (χ2v) is 8.39. The highest BCUT2D eigenvalue weighted by molar-refractivity contribution is 7.15. The van der Waals surface area contributed by atoms with Gasteiger partial charge in [0.2, 0.25) is 0 Å². The number of thiazole rings is 1. The first kappa shape index (κ1) is 15.8. The van der Waals surface area contributed by atoms with Crippen molar-refractivity contribution in [1.29, 1.82) is 0 Å². The maximum Gasteiger partial charge on any atom is 0.185 e. The van der Waals surface area contributed by atoms with E-state index in [0.717, 1.165) is 28.8 Å². The molecular weight excluding hydrogens is 268 g/mol. The lowest BCUT2D eigenvalue weighted by Gasteiger charge is -2.38. The molecule has 0 bridgehead atoms. The first-order chi connectivity index (χ1) is 9.29. The van der Waals surface area contributed by atoms with E-state index in [1.165, 1.54) is 19.3 Å². The van der Waals surface area contributed by atoms with Gasteiger partial charge in [-0.05, 0) is 18.3 Å². The van der Waals surface area contributed by atoms with Crippen molar-refractivity contribution < 1.29 is 5.11 Å². The number of anilines is 1. The fourth-order valence-corrected chi connectivity index (χ4v) is 3.94. The smallest absolute Gasteiger partial charge is 0.185 e. The zero-order valence-corrected chi connectivity index (χ0v) is 14.3. The first-order valence-electron chi connectivity index (χ1n) is 7.65. The highest BCUT2D eigenvalue weighted by Gasteiger charge is 2.31. The van der Waals surface area contributed by atoms with E-state index in [1.807, 2.05) is 0 Å². The van der Waals surface area contributed by atoms with Crippen molar-refractivity contribution in [3.05, 3.63) is 10.6 Å². The number of piperidine rings is 1. The molecule has 2 rings (SSSR count). The summed E-state index contributed by atoms with van der Waals surface area (Å²) in [5.41, 5.74) is 1.56. The van der Waals surface area contributed by atoms with Gasteiger partial charge in [-0.25, -0.2) is 4.98 Å². The topological polar surface area (TPSA) is 36.4 Å². The van der Waals surface area contributed by atoms with Crippen LogP contribution in [0.15, 0.2) is 0 Å². The highest BCUT2D eigenvalue weighted by atomic mass is 32.1. The zero-order valence-electron chi connectivity index (χ0n) is 13.5. The van der Waals surface area contributed by atoms with Crippen molar-refractivity contribution in [2.75, 3.05) is 18.0 Å². The summed E-state index contributed by atoms with van der Waals surface area (Å²) < 4.78 is 0. The van der Waals surface area contributed by atoms with Gasteiger partial charge < -0.3 is 10.0 Å². The zero-order chi connectivity index (χ0) is 15.0. The van der Waals surface area contributed by atoms with Gasteiger partial charge in [-0.3, -0.25) is 0 Å². The number of hydrogen-bond acceptors (Lipinski definition) is 4. The summed E-state index contributed by atoms with van der Waals surface area (Å²) in [6.07, 6.45) is 3.73. The van der Waals surface area contributed by atoms with Crippen molar-refractivity contribution >= 4 is 16.5 Å².